The molecule has 0 fully saturated rings. The van der Waals surface area contributed by atoms with E-state index in [9.17, 15) is 5.26 Å². The first-order chi connectivity index (χ1) is 10.8. The van der Waals surface area contributed by atoms with Crippen LogP contribution >= 0.6 is 23.1 Å². The second kappa shape index (κ2) is 6.73. The van der Waals surface area contributed by atoms with Crippen LogP contribution in [0.2, 0.25) is 0 Å². The fourth-order valence-corrected chi connectivity index (χ4v) is 3.87. The minimum absolute atomic E-state index is 0.703. The summed E-state index contributed by atoms with van der Waals surface area (Å²) in [5.41, 5.74) is 3.98. The first-order valence-corrected chi connectivity index (χ1v) is 8.58. The lowest BCUT2D eigenvalue weighted by Gasteiger charge is -2.05. The van der Waals surface area contributed by atoms with Crippen molar-refractivity contribution < 1.29 is 0 Å². The molecule has 0 aliphatic heterocycles. The summed E-state index contributed by atoms with van der Waals surface area (Å²) >= 11 is 3.31. The molecule has 0 amide bonds. The van der Waals surface area contributed by atoms with Crippen molar-refractivity contribution in [1.82, 2.24) is 10.2 Å². The van der Waals surface area contributed by atoms with Gasteiger partial charge in [-0.3, -0.25) is 0 Å². The van der Waals surface area contributed by atoms with Crippen molar-refractivity contribution >= 4 is 23.1 Å². The zero-order valence-corrected chi connectivity index (χ0v) is 13.6. The van der Waals surface area contributed by atoms with Gasteiger partial charge in [-0.1, -0.05) is 65.6 Å². The van der Waals surface area contributed by atoms with Gasteiger partial charge in [0.2, 0.25) is 0 Å². The third kappa shape index (κ3) is 3.35. The molecule has 3 nitrogen and oxygen atoms in total. The summed E-state index contributed by atoms with van der Waals surface area (Å²) in [6, 6.07) is 18.2. The van der Waals surface area contributed by atoms with Gasteiger partial charge in [0.15, 0.2) is 4.34 Å². The van der Waals surface area contributed by atoms with Crippen molar-refractivity contribution in [2.24, 2.45) is 0 Å². The van der Waals surface area contributed by atoms with Crippen LogP contribution in [0, 0.1) is 18.3 Å². The number of nitrogens with zero attached hydrogens (tertiary/aromatic N) is 3. The molecule has 0 unspecified atom stereocenters. The van der Waals surface area contributed by atoms with Crippen LogP contribution in [-0.2, 0) is 5.75 Å². The van der Waals surface area contributed by atoms with Gasteiger partial charge in [-0.25, -0.2) is 0 Å². The number of hydrogen-bond acceptors (Lipinski definition) is 5. The largest absolute Gasteiger partial charge is 0.192 e. The third-order valence-corrected chi connectivity index (χ3v) is 5.23. The molecule has 5 heteroatoms. The molecule has 1 aromatic heterocycles. The standard InChI is InChI=1S/C17H13N3S2/c1-12-19-20-17(22-12)21-11-13-6-8-14(9-7-13)16-5-3-2-4-15(16)10-18/h2-9H,11H2,1H3. The molecule has 0 aliphatic rings. The molecule has 22 heavy (non-hydrogen) atoms. The van der Waals surface area contributed by atoms with Gasteiger partial charge < -0.3 is 0 Å². The molecule has 3 aromatic rings. The van der Waals surface area contributed by atoms with E-state index in [1.54, 1.807) is 23.1 Å². The van der Waals surface area contributed by atoms with Crippen LogP contribution in [0.3, 0.4) is 0 Å². The highest BCUT2D eigenvalue weighted by atomic mass is 32.2. The molecule has 0 N–H and O–H groups in total. The number of aromatic nitrogens is 2. The molecule has 0 radical (unpaired) electrons. The van der Waals surface area contributed by atoms with E-state index < -0.39 is 0 Å². The van der Waals surface area contributed by atoms with Crippen LogP contribution in [0.4, 0.5) is 0 Å². The van der Waals surface area contributed by atoms with Crippen molar-refractivity contribution in [1.29, 1.82) is 5.26 Å². The van der Waals surface area contributed by atoms with Crippen molar-refractivity contribution in [3.63, 3.8) is 0 Å². The summed E-state index contributed by atoms with van der Waals surface area (Å²) in [5, 5.41) is 18.3. The fraction of sp³-hybridized carbons (Fsp3) is 0.118. The Morgan fingerprint density at radius 1 is 1.09 bits per heavy atom. The van der Waals surface area contributed by atoms with Crippen molar-refractivity contribution in [2.45, 2.75) is 17.0 Å². The molecule has 0 aliphatic carbocycles. The number of aryl methyl sites for hydroxylation is 1. The van der Waals surface area contributed by atoms with Crippen molar-refractivity contribution in [3.05, 3.63) is 64.7 Å². The van der Waals surface area contributed by atoms with Crippen LogP contribution in [0.5, 0.6) is 0 Å². The third-order valence-electron chi connectivity index (χ3n) is 3.18. The van der Waals surface area contributed by atoms with Crippen molar-refractivity contribution in [3.8, 4) is 17.2 Å². The second-order valence-electron chi connectivity index (χ2n) is 4.73. The maximum Gasteiger partial charge on any atom is 0.174 e. The summed E-state index contributed by atoms with van der Waals surface area (Å²) in [5.74, 6) is 0.870. The predicted molar refractivity (Wildman–Crippen MR) is 90.8 cm³/mol. The Kier molecular flexibility index (Phi) is 4.52. The lowest BCUT2D eigenvalue weighted by Crippen LogP contribution is -1.85. The van der Waals surface area contributed by atoms with E-state index in [-0.39, 0.29) is 0 Å². The zero-order chi connectivity index (χ0) is 15.4. The number of thioether (sulfide) groups is 1. The molecule has 1 heterocycles. The van der Waals surface area contributed by atoms with Crippen molar-refractivity contribution in [2.75, 3.05) is 0 Å². The average molecular weight is 323 g/mol. The Bertz CT molecular complexity index is 816. The quantitative estimate of drug-likeness (QED) is 0.654. The zero-order valence-electron chi connectivity index (χ0n) is 12.0. The van der Waals surface area contributed by atoms with Crippen LogP contribution in [0.25, 0.3) is 11.1 Å². The van der Waals surface area contributed by atoms with E-state index >= 15 is 0 Å². The normalized spacial score (nSPS) is 10.4. The molecule has 0 saturated heterocycles. The van der Waals surface area contributed by atoms with Gasteiger partial charge in [-0.15, -0.1) is 10.2 Å². The highest BCUT2D eigenvalue weighted by Gasteiger charge is 2.05. The lowest BCUT2D eigenvalue weighted by molar-refractivity contribution is 0.983. The number of rotatable bonds is 4. The first-order valence-electron chi connectivity index (χ1n) is 6.77. The fourth-order valence-electron chi connectivity index (χ4n) is 2.09. The van der Waals surface area contributed by atoms with Gasteiger partial charge >= 0.3 is 0 Å². The van der Waals surface area contributed by atoms with Gasteiger partial charge in [0, 0.05) is 5.75 Å². The van der Waals surface area contributed by atoms with E-state index in [0.29, 0.717) is 5.56 Å². The summed E-state index contributed by atoms with van der Waals surface area (Å²) in [6.07, 6.45) is 0. The summed E-state index contributed by atoms with van der Waals surface area (Å²) in [7, 11) is 0. The average Bonchev–Trinajstić information content (AvgIpc) is 2.99. The Morgan fingerprint density at radius 2 is 1.86 bits per heavy atom. The molecule has 0 spiro atoms. The molecule has 2 aromatic carbocycles. The van der Waals surface area contributed by atoms with E-state index in [2.05, 4.69) is 40.5 Å². The van der Waals surface area contributed by atoms with E-state index in [1.807, 2.05) is 31.2 Å². The Labute approximate surface area is 137 Å². The maximum absolute atomic E-state index is 9.18. The van der Waals surface area contributed by atoms with Gasteiger partial charge in [0.1, 0.15) is 5.01 Å². The predicted octanol–water partition coefficient (Wildman–Crippen LogP) is 4.68. The van der Waals surface area contributed by atoms with Crippen LogP contribution in [-0.4, -0.2) is 10.2 Å². The summed E-state index contributed by atoms with van der Waals surface area (Å²) in [4.78, 5) is 0. The summed E-state index contributed by atoms with van der Waals surface area (Å²) < 4.78 is 0.997. The second-order valence-corrected chi connectivity index (χ2v) is 7.13. The van der Waals surface area contributed by atoms with Gasteiger partial charge in [0.25, 0.3) is 0 Å². The lowest BCUT2D eigenvalue weighted by atomic mass is 10.00. The van der Waals surface area contributed by atoms with Crippen LogP contribution < -0.4 is 0 Å². The topological polar surface area (TPSA) is 49.6 Å². The molecular formula is C17H13N3S2. The molecular weight excluding hydrogens is 310 g/mol. The molecule has 3 rings (SSSR count). The van der Waals surface area contributed by atoms with E-state index in [1.165, 1.54) is 5.56 Å². The van der Waals surface area contributed by atoms with Crippen LogP contribution in [0.1, 0.15) is 16.1 Å². The minimum atomic E-state index is 0.703. The van der Waals surface area contributed by atoms with Gasteiger partial charge in [-0.2, -0.15) is 5.26 Å². The Balaban J connectivity index is 1.74. The number of benzene rings is 2. The highest BCUT2D eigenvalue weighted by molar-refractivity contribution is 8.00. The smallest absolute Gasteiger partial charge is 0.174 e. The Morgan fingerprint density at radius 3 is 2.55 bits per heavy atom. The van der Waals surface area contributed by atoms with E-state index in [0.717, 1.165) is 26.2 Å². The molecule has 108 valence electrons. The molecule has 0 bridgehead atoms. The SMILES string of the molecule is Cc1nnc(SCc2ccc(-c3ccccc3C#N)cc2)s1. The van der Waals surface area contributed by atoms with Crippen LogP contribution in [0.15, 0.2) is 52.9 Å². The van der Waals surface area contributed by atoms with Gasteiger partial charge in [-0.05, 0) is 29.7 Å². The first kappa shape index (κ1) is 14.8. The molecule has 0 atom stereocenters. The monoisotopic (exact) mass is 323 g/mol. The van der Waals surface area contributed by atoms with Gasteiger partial charge in [0.05, 0.1) is 11.6 Å². The minimum Gasteiger partial charge on any atom is -0.192 e. The number of nitriles is 1. The maximum atomic E-state index is 9.18. The van der Waals surface area contributed by atoms with E-state index in [4.69, 9.17) is 0 Å². The Hall–Kier alpha value is -2.16. The molecule has 0 saturated carbocycles. The highest BCUT2D eigenvalue weighted by Crippen LogP contribution is 2.28. The number of hydrogen-bond donors (Lipinski definition) is 0. The summed E-state index contributed by atoms with van der Waals surface area (Å²) in [6.45, 7) is 1.96.